The maximum absolute atomic E-state index is 9.39. The summed E-state index contributed by atoms with van der Waals surface area (Å²) in [4.78, 5) is 2.66. The van der Waals surface area contributed by atoms with E-state index in [1.807, 2.05) is 0 Å². The van der Waals surface area contributed by atoms with Crippen molar-refractivity contribution in [3.05, 3.63) is 0 Å². The maximum atomic E-state index is 9.39. The van der Waals surface area contributed by atoms with Crippen molar-refractivity contribution in [3.63, 3.8) is 0 Å². The van der Waals surface area contributed by atoms with Crippen molar-refractivity contribution in [3.8, 4) is 6.07 Å². The third-order valence-corrected chi connectivity index (χ3v) is 4.99. The molecule has 0 spiro atoms. The molecule has 4 unspecified atom stereocenters. The Kier molecular flexibility index (Phi) is 4.45. The first-order chi connectivity index (χ1) is 8.24. The second-order valence-electron chi connectivity index (χ2n) is 6.04. The van der Waals surface area contributed by atoms with Crippen molar-refractivity contribution in [2.45, 2.75) is 70.9 Å². The van der Waals surface area contributed by atoms with Gasteiger partial charge in [-0.15, -0.1) is 0 Å². The summed E-state index contributed by atoms with van der Waals surface area (Å²) in [5.74, 6) is 1.08. The Morgan fingerprint density at radius 2 is 1.76 bits per heavy atom. The van der Waals surface area contributed by atoms with E-state index in [-0.39, 0.29) is 5.92 Å². The van der Waals surface area contributed by atoms with E-state index in [1.54, 1.807) is 0 Å². The molecular formula is C15H26N2. The summed E-state index contributed by atoms with van der Waals surface area (Å²) < 4.78 is 0. The molecule has 2 nitrogen and oxygen atoms in total. The minimum Gasteiger partial charge on any atom is -0.296 e. The van der Waals surface area contributed by atoms with Gasteiger partial charge in [-0.1, -0.05) is 26.2 Å². The summed E-state index contributed by atoms with van der Waals surface area (Å²) in [6.45, 7) is 5.95. The average Bonchev–Trinajstić information content (AvgIpc) is 2.57. The monoisotopic (exact) mass is 234 g/mol. The van der Waals surface area contributed by atoms with Gasteiger partial charge in [0.15, 0.2) is 0 Å². The van der Waals surface area contributed by atoms with Crippen molar-refractivity contribution in [2.24, 2.45) is 11.8 Å². The fourth-order valence-electron chi connectivity index (χ4n) is 3.67. The van der Waals surface area contributed by atoms with Gasteiger partial charge in [0, 0.05) is 12.1 Å². The summed E-state index contributed by atoms with van der Waals surface area (Å²) in [5.41, 5.74) is 0. The molecule has 1 heterocycles. The highest BCUT2D eigenvalue weighted by atomic mass is 15.2. The Hall–Kier alpha value is -0.550. The van der Waals surface area contributed by atoms with Crippen LogP contribution in [0.4, 0.5) is 0 Å². The molecule has 0 amide bonds. The number of likely N-dealkylation sites (tertiary alicyclic amines) is 1. The summed E-state index contributed by atoms with van der Waals surface area (Å²) in [6.07, 6.45) is 8.95. The molecule has 2 aliphatic rings. The summed E-state index contributed by atoms with van der Waals surface area (Å²) in [5, 5.41) is 9.39. The zero-order chi connectivity index (χ0) is 12.3. The van der Waals surface area contributed by atoms with Gasteiger partial charge >= 0.3 is 0 Å². The molecule has 0 aromatic rings. The first kappa shape index (κ1) is 12.9. The summed E-state index contributed by atoms with van der Waals surface area (Å²) in [6, 6.07) is 3.80. The largest absolute Gasteiger partial charge is 0.296 e. The van der Waals surface area contributed by atoms with Gasteiger partial charge in [-0.25, -0.2) is 0 Å². The van der Waals surface area contributed by atoms with Gasteiger partial charge < -0.3 is 0 Å². The first-order valence-electron chi connectivity index (χ1n) is 7.39. The second-order valence-corrected chi connectivity index (χ2v) is 6.04. The third kappa shape index (κ3) is 2.83. The highest BCUT2D eigenvalue weighted by Gasteiger charge is 2.35. The van der Waals surface area contributed by atoms with Gasteiger partial charge in [0.2, 0.25) is 0 Å². The SMILES string of the molecule is CC1CCCN(C2CCCCCC2C#N)C1C. The molecule has 1 aliphatic heterocycles. The number of nitriles is 1. The van der Waals surface area contributed by atoms with Crippen molar-refractivity contribution in [1.29, 1.82) is 5.26 Å². The Balaban J connectivity index is 2.09. The van der Waals surface area contributed by atoms with Crippen LogP contribution in [0, 0.1) is 23.2 Å². The predicted molar refractivity (Wildman–Crippen MR) is 70.5 cm³/mol. The van der Waals surface area contributed by atoms with Crippen LogP contribution < -0.4 is 0 Å². The van der Waals surface area contributed by atoms with E-state index in [0.29, 0.717) is 12.1 Å². The molecule has 1 saturated carbocycles. The van der Waals surface area contributed by atoms with Gasteiger partial charge in [0.05, 0.1) is 12.0 Å². The molecule has 2 heteroatoms. The van der Waals surface area contributed by atoms with Crippen molar-refractivity contribution in [1.82, 2.24) is 4.90 Å². The van der Waals surface area contributed by atoms with Gasteiger partial charge in [0.1, 0.15) is 0 Å². The predicted octanol–water partition coefficient (Wildman–Crippen LogP) is 3.58. The number of piperidine rings is 1. The van der Waals surface area contributed by atoms with E-state index in [1.165, 1.54) is 45.1 Å². The van der Waals surface area contributed by atoms with Crippen molar-refractivity contribution < 1.29 is 0 Å². The normalized spacial score (nSPS) is 40.5. The molecule has 0 N–H and O–H groups in total. The molecule has 1 saturated heterocycles. The molecule has 1 aliphatic carbocycles. The topological polar surface area (TPSA) is 27.0 Å². The van der Waals surface area contributed by atoms with Crippen LogP contribution >= 0.6 is 0 Å². The van der Waals surface area contributed by atoms with Crippen LogP contribution in [0.1, 0.15) is 58.8 Å². The van der Waals surface area contributed by atoms with Crippen molar-refractivity contribution in [2.75, 3.05) is 6.54 Å². The molecule has 2 rings (SSSR count). The maximum Gasteiger partial charge on any atom is 0.0672 e. The van der Waals surface area contributed by atoms with Gasteiger partial charge in [-0.3, -0.25) is 4.90 Å². The minimum atomic E-state index is 0.283. The summed E-state index contributed by atoms with van der Waals surface area (Å²) >= 11 is 0. The van der Waals surface area contributed by atoms with E-state index in [4.69, 9.17) is 0 Å². The van der Waals surface area contributed by atoms with E-state index >= 15 is 0 Å². The van der Waals surface area contributed by atoms with Gasteiger partial charge in [0.25, 0.3) is 0 Å². The van der Waals surface area contributed by atoms with E-state index < -0.39 is 0 Å². The lowest BCUT2D eigenvalue weighted by molar-refractivity contribution is 0.0473. The molecule has 0 aromatic carbocycles. The van der Waals surface area contributed by atoms with Crippen LogP contribution in [-0.4, -0.2) is 23.5 Å². The Morgan fingerprint density at radius 1 is 1.00 bits per heavy atom. The number of nitrogens with zero attached hydrogens (tertiary/aromatic N) is 2. The quantitative estimate of drug-likeness (QED) is 0.648. The van der Waals surface area contributed by atoms with Crippen LogP contribution in [0.25, 0.3) is 0 Å². The van der Waals surface area contributed by atoms with Crippen LogP contribution in [0.2, 0.25) is 0 Å². The Morgan fingerprint density at radius 3 is 2.53 bits per heavy atom. The van der Waals surface area contributed by atoms with E-state index in [9.17, 15) is 5.26 Å². The standard InChI is InChI=1S/C15H26N2/c1-12-7-6-10-17(13(12)2)15-9-5-3-4-8-14(15)11-16/h12-15H,3-10H2,1-2H3. The van der Waals surface area contributed by atoms with Gasteiger partial charge in [-0.2, -0.15) is 5.26 Å². The Labute approximate surface area is 106 Å². The highest BCUT2D eigenvalue weighted by molar-refractivity contribution is 4.97. The fraction of sp³-hybridized carbons (Fsp3) is 0.933. The second kappa shape index (κ2) is 5.87. The smallest absolute Gasteiger partial charge is 0.0672 e. The molecule has 0 bridgehead atoms. The molecular weight excluding hydrogens is 208 g/mol. The molecule has 17 heavy (non-hydrogen) atoms. The first-order valence-corrected chi connectivity index (χ1v) is 7.39. The lowest BCUT2D eigenvalue weighted by Crippen LogP contribution is -2.50. The van der Waals surface area contributed by atoms with Crippen LogP contribution in [0.15, 0.2) is 0 Å². The zero-order valence-electron chi connectivity index (χ0n) is 11.4. The summed E-state index contributed by atoms with van der Waals surface area (Å²) in [7, 11) is 0. The number of rotatable bonds is 1. The van der Waals surface area contributed by atoms with Gasteiger partial charge in [-0.05, 0) is 45.1 Å². The lowest BCUT2D eigenvalue weighted by Gasteiger charge is -2.44. The molecule has 96 valence electrons. The van der Waals surface area contributed by atoms with Crippen molar-refractivity contribution >= 4 is 0 Å². The van der Waals surface area contributed by atoms with E-state index in [0.717, 1.165) is 12.3 Å². The third-order valence-electron chi connectivity index (χ3n) is 4.99. The van der Waals surface area contributed by atoms with Crippen LogP contribution in [-0.2, 0) is 0 Å². The average molecular weight is 234 g/mol. The lowest BCUT2D eigenvalue weighted by atomic mass is 9.86. The molecule has 2 fully saturated rings. The Bertz CT molecular complexity index is 281. The van der Waals surface area contributed by atoms with Crippen LogP contribution in [0.3, 0.4) is 0 Å². The number of hydrogen-bond acceptors (Lipinski definition) is 2. The fourth-order valence-corrected chi connectivity index (χ4v) is 3.67. The van der Waals surface area contributed by atoms with Crippen LogP contribution in [0.5, 0.6) is 0 Å². The molecule has 0 radical (unpaired) electrons. The zero-order valence-corrected chi connectivity index (χ0v) is 11.4. The molecule has 0 aromatic heterocycles. The van der Waals surface area contributed by atoms with E-state index in [2.05, 4.69) is 24.8 Å². The molecule has 4 atom stereocenters. The highest BCUT2D eigenvalue weighted by Crippen LogP contribution is 2.33. The number of hydrogen-bond donors (Lipinski definition) is 0. The minimum absolute atomic E-state index is 0.283.